The number of hydrogen-bond donors (Lipinski definition) is 1. The van der Waals surface area contributed by atoms with Gasteiger partial charge in [0.25, 0.3) is 0 Å². The number of nitrogens with zero attached hydrogens (tertiary/aromatic N) is 1. The molecule has 3 heteroatoms. The van der Waals surface area contributed by atoms with E-state index >= 15 is 0 Å². The van der Waals surface area contributed by atoms with Crippen molar-refractivity contribution in [1.29, 1.82) is 0 Å². The molecule has 0 bridgehead atoms. The summed E-state index contributed by atoms with van der Waals surface area (Å²) < 4.78 is 0. The van der Waals surface area contributed by atoms with Gasteiger partial charge in [-0.2, -0.15) is 0 Å². The Bertz CT molecular complexity index is 254. The van der Waals surface area contributed by atoms with Gasteiger partial charge in [-0.1, -0.05) is 5.57 Å². The standard InChI is InChI=1S/C11H18N2O/c1-9-8-12-5-6-13(9)11(14)7-10-3-2-4-10/h7,9,12H,2-6,8H2,1H3. The molecule has 2 rings (SSSR count). The molecule has 1 atom stereocenters. The summed E-state index contributed by atoms with van der Waals surface area (Å²) in [7, 11) is 0. The quantitative estimate of drug-likeness (QED) is 0.629. The van der Waals surface area contributed by atoms with Crippen LogP contribution in [-0.2, 0) is 4.79 Å². The maximum atomic E-state index is 11.8. The molecule has 1 aliphatic carbocycles. The normalized spacial score (nSPS) is 27.1. The number of nitrogens with one attached hydrogen (secondary N) is 1. The van der Waals surface area contributed by atoms with Crippen molar-refractivity contribution >= 4 is 5.91 Å². The van der Waals surface area contributed by atoms with E-state index in [1.807, 2.05) is 11.0 Å². The van der Waals surface area contributed by atoms with Crippen LogP contribution in [0.3, 0.4) is 0 Å². The Morgan fingerprint density at radius 1 is 1.57 bits per heavy atom. The second-order valence-corrected chi connectivity index (χ2v) is 4.24. The molecule has 0 radical (unpaired) electrons. The Balaban J connectivity index is 1.95. The predicted octanol–water partition coefficient (Wildman–Crippen LogP) is 0.917. The monoisotopic (exact) mass is 194 g/mol. The zero-order valence-corrected chi connectivity index (χ0v) is 8.75. The molecule has 1 heterocycles. The highest BCUT2D eigenvalue weighted by molar-refractivity contribution is 5.88. The summed E-state index contributed by atoms with van der Waals surface area (Å²) in [6.45, 7) is 4.81. The van der Waals surface area contributed by atoms with Gasteiger partial charge in [0.1, 0.15) is 0 Å². The van der Waals surface area contributed by atoms with Crippen LogP contribution in [0.5, 0.6) is 0 Å². The van der Waals surface area contributed by atoms with Crippen LogP contribution in [0.1, 0.15) is 26.2 Å². The van der Waals surface area contributed by atoms with Crippen molar-refractivity contribution in [2.75, 3.05) is 19.6 Å². The lowest BCUT2D eigenvalue weighted by Gasteiger charge is -2.33. The zero-order valence-electron chi connectivity index (χ0n) is 8.75. The Hall–Kier alpha value is -0.830. The molecule has 1 saturated carbocycles. The molecule has 78 valence electrons. The lowest BCUT2D eigenvalue weighted by molar-refractivity contribution is -0.128. The molecular formula is C11H18N2O. The number of hydrogen-bond acceptors (Lipinski definition) is 2. The van der Waals surface area contributed by atoms with Crippen LogP contribution in [0, 0.1) is 0 Å². The lowest BCUT2D eigenvalue weighted by atomic mass is 9.92. The zero-order chi connectivity index (χ0) is 9.97. The molecule has 1 aliphatic heterocycles. The van der Waals surface area contributed by atoms with Gasteiger partial charge in [0, 0.05) is 31.8 Å². The van der Waals surface area contributed by atoms with Gasteiger partial charge < -0.3 is 10.2 Å². The van der Waals surface area contributed by atoms with Crippen LogP contribution in [0.25, 0.3) is 0 Å². The highest BCUT2D eigenvalue weighted by Crippen LogP contribution is 2.25. The van der Waals surface area contributed by atoms with Crippen LogP contribution in [0.2, 0.25) is 0 Å². The van der Waals surface area contributed by atoms with E-state index in [0.717, 1.165) is 32.5 Å². The third-order valence-corrected chi connectivity index (χ3v) is 3.11. The molecule has 2 aliphatic rings. The van der Waals surface area contributed by atoms with E-state index in [2.05, 4.69) is 12.2 Å². The van der Waals surface area contributed by atoms with Crippen molar-refractivity contribution in [3.8, 4) is 0 Å². The van der Waals surface area contributed by atoms with E-state index in [4.69, 9.17) is 0 Å². The molecular weight excluding hydrogens is 176 g/mol. The Labute approximate surface area is 85.2 Å². The van der Waals surface area contributed by atoms with E-state index in [1.54, 1.807) is 0 Å². The van der Waals surface area contributed by atoms with Gasteiger partial charge in [-0.25, -0.2) is 0 Å². The minimum Gasteiger partial charge on any atom is -0.334 e. The van der Waals surface area contributed by atoms with Crippen molar-refractivity contribution in [2.24, 2.45) is 0 Å². The molecule has 1 unspecified atom stereocenters. The van der Waals surface area contributed by atoms with Crippen molar-refractivity contribution in [2.45, 2.75) is 32.2 Å². The summed E-state index contributed by atoms with van der Waals surface area (Å²) in [6.07, 6.45) is 5.37. The number of piperazine rings is 1. The highest BCUT2D eigenvalue weighted by atomic mass is 16.2. The fraction of sp³-hybridized carbons (Fsp3) is 0.727. The van der Waals surface area contributed by atoms with Crippen LogP contribution >= 0.6 is 0 Å². The van der Waals surface area contributed by atoms with Gasteiger partial charge in [-0.05, 0) is 26.2 Å². The molecule has 3 nitrogen and oxygen atoms in total. The molecule has 1 amide bonds. The maximum Gasteiger partial charge on any atom is 0.246 e. The molecule has 0 spiro atoms. The first kappa shape index (κ1) is 9.71. The average Bonchev–Trinajstić information content (AvgIpc) is 2.12. The minimum atomic E-state index is 0.216. The van der Waals surface area contributed by atoms with E-state index in [1.165, 1.54) is 12.0 Å². The third-order valence-electron chi connectivity index (χ3n) is 3.11. The molecule has 1 N–H and O–H groups in total. The fourth-order valence-electron chi connectivity index (χ4n) is 1.95. The maximum absolute atomic E-state index is 11.8. The minimum absolute atomic E-state index is 0.216. The molecule has 0 aromatic rings. The van der Waals surface area contributed by atoms with E-state index in [0.29, 0.717) is 6.04 Å². The Morgan fingerprint density at radius 3 is 2.93 bits per heavy atom. The van der Waals surface area contributed by atoms with Gasteiger partial charge in [-0.3, -0.25) is 4.79 Å². The second-order valence-electron chi connectivity index (χ2n) is 4.24. The van der Waals surface area contributed by atoms with Gasteiger partial charge in [0.2, 0.25) is 5.91 Å². The van der Waals surface area contributed by atoms with Crippen LogP contribution in [0.4, 0.5) is 0 Å². The largest absolute Gasteiger partial charge is 0.334 e. The van der Waals surface area contributed by atoms with Crippen molar-refractivity contribution in [3.05, 3.63) is 11.6 Å². The first-order chi connectivity index (χ1) is 6.77. The third kappa shape index (κ3) is 1.98. The van der Waals surface area contributed by atoms with Gasteiger partial charge in [-0.15, -0.1) is 0 Å². The van der Waals surface area contributed by atoms with Crippen LogP contribution in [0.15, 0.2) is 11.6 Å². The highest BCUT2D eigenvalue weighted by Gasteiger charge is 2.22. The van der Waals surface area contributed by atoms with Crippen molar-refractivity contribution in [1.82, 2.24) is 10.2 Å². The summed E-state index contributed by atoms with van der Waals surface area (Å²) in [5, 5.41) is 3.29. The average molecular weight is 194 g/mol. The van der Waals surface area contributed by atoms with E-state index < -0.39 is 0 Å². The summed E-state index contributed by atoms with van der Waals surface area (Å²) in [5.74, 6) is 0.216. The van der Waals surface area contributed by atoms with Crippen molar-refractivity contribution in [3.63, 3.8) is 0 Å². The smallest absolute Gasteiger partial charge is 0.246 e. The Morgan fingerprint density at radius 2 is 2.36 bits per heavy atom. The number of allylic oxidation sites excluding steroid dienone is 1. The van der Waals surface area contributed by atoms with Crippen LogP contribution in [-0.4, -0.2) is 36.5 Å². The molecule has 1 saturated heterocycles. The first-order valence-electron chi connectivity index (χ1n) is 5.48. The number of rotatable bonds is 1. The van der Waals surface area contributed by atoms with Gasteiger partial charge >= 0.3 is 0 Å². The van der Waals surface area contributed by atoms with Gasteiger partial charge in [0.05, 0.1) is 0 Å². The number of carbonyl (C=O) groups is 1. The van der Waals surface area contributed by atoms with E-state index in [9.17, 15) is 4.79 Å². The summed E-state index contributed by atoms with van der Waals surface area (Å²) in [6, 6.07) is 0.341. The summed E-state index contributed by atoms with van der Waals surface area (Å²) in [5.41, 5.74) is 1.33. The topological polar surface area (TPSA) is 32.3 Å². The van der Waals surface area contributed by atoms with E-state index in [-0.39, 0.29) is 5.91 Å². The molecule has 2 fully saturated rings. The predicted molar refractivity (Wildman–Crippen MR) is 56.0 cm³/mol. The summed E-state index contributed by atoms with van der Waals surface area (Å²) >= 11 is 0. The fourth-order valence-corrected chi connectivity index (χ4v) is 1.95. The number of amides is 1. The molecule has 14 heavy (non-hydrogen) atoms. The molecule has 0 aromatic carbocycles. The second kappa shape index (κ2) is 4.13. The SMILES string of the molecule is CC1CNCCN1C(=O)C=C1CCC1. The lowest BCUT2D eigenvalue weighted by Crippen LogP contribution is -2.51. The molecule has 0 aromatic heterocycles. The van der Waals surface area contributed by atoms with Gasteiger partial charge in [0.15, 0.2) is 0 Å². The first-order valence-corrected chi connectivity index (χ1v) is 5.48. The number of carbonyl (C=O) groups excluding carboxylic acids is 1. The van der Waals surface area contributed by atoms with Crippen molar-refractivity contribution < 1.29 is 4.79 Å². The Kier molecular flexibility index (Phi) is 2.87. The summed E-state index contributed by atoms with van der Waals surface area (Å²) in [4.78, 5) is 13.8. The van der Waals surface area contributed by atoms with Crippen LogP contribution < -0.4 is 5.32 Å².